The molecule has 0 fully saturated rings. The average Bonchev–Trinajstić information content (AvgIpc) is 3.47. The molecule has 0 aliphatic heterocycles. The summed E-state index contributed by atoms with van der Waals surface area (Å²) in [5, 5.41) is 26.5. The lowest BCUT2D eigenvalue weighted by Gasteiger charge is -2.31. The highest BCUT2D eigenvalue weighted by molar-refractivity contribution is 6.24. The van der Waals surface area contributed by atoms with Gasteiger partial charge in [-0.25, -0.2) is 0 Å². The van der Waals surface area contributed by atoms with Crippen LogP contribution in [0.2, 0.25) is 0 Å². The third kappa shape index (κ3) is 8.37. The Hall–Kier alpha value is -10.0. The van der Waals surface area contributed by atoms with Crippen LogP contribution in [0.15, 0.2) is 255 Å². The summed E-state index contributed by atoms with van der Waals surface area (Å²) in [6.07, 6.45) is 0. The Morgan fingerprint density at radius 1 is 0.257 bits per heavy atom. The molecule has 0 aromatic heterocycles. The summed E-state index contributed by atoms with van der Waals surface area (Å²) in [7, 11) is 0. The number of hydrogen-bond donors (Lipinski definition) is 0. The fraction of sp³-hybridized carbons (Fsp3) is 0.0286. The van der Waals surface area contributed by atoms with Gasteiger partial charge in [0, 0.05) is 33.5 Å². The number of aryl methyl sites for hydroxylation is 2. The van der Waals surface area contributed by atoms with Gasteiger partial charge in [-0.3, -0.25) is 0 Å². The van der Waals surface area contributed by atoms with Crippen molar-refractivity contribution in [1.82, 2.24) is 0 Å². The van der Waals surface area contributed by atoms with Crippen LogP contribution >= 0.6 is 0 Å². The Bertz CT molecular complexity index is 3890. The first-order valence-electron chi connectivity index (χ1n) is 24.9. The van der Waals surface area contributed by atoms with Crippen LogP contribution in [0.25, 0.3) is 76.8 Å². The third-order valence-electron chi connectivity index (χ3n) is 14.3. The molecule has 0 N–H and O–H groups in total. The number of fused-ring (bicyclic) bond motifs is 5. The highest BCUT2D eigenvalue weighted by Gasteiger charge is 2.24. The second-order valence-corrected chi connectivity index (χ2v) is 18.9. The van der Waals surface area contributed by atoms with E-state index >= 15 is 0 Å². The second kappa shape index (κ2) is 19.3. The molecule has 4 nitrogen and oxygen atoms in total. The maximum atomic E-state index is 9.95. The molecule has 4 heteroatoms. The standard InChI is InChI=1S/C70H48N4/c1-47-27-33-57(55-21-13-19-53(39-55)51-15-5-3-6-16-51)41-67(47)73(59-35-29-49(45-71)30-36-59)69-43-65-62-24-10-12-26-64(62)70(44-66(65)61-23-9-11-25-63(61)69)74(60-37-31-50(46-72)32-38-60)68-42-58(34-28-48(68)2)56-22-14-20-54(40-56)52-17-7-4-8-18-52/h3-44H,1-2H3. The van der Waals surface area contributed by atoms with E-state index in [4.69, 9.17) is 0 Å². The molecule has 0 saturated carbocycles. The largest absolute Gasteiger partial charge is 0.310 e. The van der Waals surface area contributed by atoms with E-state index in [2.05, 4.69) is 266 Å². The van der Waals surface area contributed by atoms with Crippen LogP contribution in [-0.2, 0) is 0 Å². The molecule has 0 radical (unpaired) electrons. The summed E-state index contributed by atoms with van der Waals surface area (Å²) in [5.41, 5.74) is 18.6. The molecule has 12 aromatic rings. The van der Waals surface area contributed by atoms with Gasteiger partial charge in [0.05, 0.1) is 34.6 Å². The number of nitriles is 2. The maximum absolute atomic E-state index is 9.95. The first kappa shape index (κ1) is 45.2. The average molecular weight is 945 g/mol. The van der Waals surface area contributed by atoms with Crippen LogP contribution in [0.5, 0.6) is 0 Å². The zero-order valence-corrected chi connectivity index (χ0v) is 41.0. The number of anilines is 6. The summed E-state index contributed by atoms with van der Waals surface area (Å²) >= 11 is 0. The fourth-order valence-electron chi connectivity index (χ4n) is 10.5. The van der Waals surface area contributed by atoms with E-state index in [0.29, 0.717) is 11.1 Å². The summed E-state index contributed by atoms with van der Waals surface area (Å²) in [5.74, 6) is 0. The summed E-state index contributed by atoms with van der Waals surface area (Å²) in [6, 6.07) is 94.8. The van der Waals surface area contributed by atoms with Crippen molar-refractivity contribution >= 4 is 66.4 Å². The first-order valence-corrected chi connectivity index (χ1v) is 24.9. The molecule has 12 aromatic carbocycles. The normalized spacial score (nSPS) is 11.1. The van der Waals surface area contributed by atoms with Gasteiger partial charge in [-0.15, -0.1) is 0 Å². The van der Waals surface area contributed by atoms with Gasteiger partial charge in [0.25, 0.3) is 0 Å². The monoisotopic (exact) mass is 944 g/mol. The molecule has 74 heavy (non-hydrogen) atoms. The predicted octanol–water partition coefficient (Wildman–Crippen LogP) is 19.1. The molecule has 12 rings (SSSR count). The van der Waals surface area contributed by atoms with E-state index < -0.39 is 0 Å². The molecule has 0 bridgehead atoms. The van der Waals surface area contributed by atoms with E-state index in [1.54, 1.807) is 0 Å². The maximum Gasteiger partial charge on any atom is 0.0991 e. The Balaban J connectivity index is 1.08. The molecule has 0 aliphatic carbocycles. The van der Waals surface area contributed by atoms with Crippen molar-refractivity contribution in [2.75, 3.05) is 9.80 Å². The SMILES string of the molecule is Cc1ccc(-c2cccc(-c3ccccc3)c2)cc1N(c1ccc(C#N)cc1)c1cc2c3ccccc3c(N(c3ccc(C#N)cc3)c3cc(-c4cccc(-c5ccccc5)c4)ccc3C)cc2c2ccccc12. The van der Waals surface area contributed by atoms with Crippen molar-refractivity contribution in [3.05, 3.63) is 277 Å². The van der Waals surface area contributed by atoms with Crippen LogP contribution in [-0.4, -0.2) is 0 Å². The molecule has 0 saturated heterocycles. The van der Waals surface area contributed by atoms with Gasteiger partial charge >= 0.3 is 0 Å². The van der Waals surface area contributed by atoms with Crippen molar-refractivity contribution < 1.29 is 0 Å². The van der Waals surface area contributed by atoms with E-state index in [0.717, 1.165) is 111 Å². The van der Waals surface area contributed by atoms with Crippen LogP contribution < -0.4 is 9.80 Å². The molecular weight excluding hydrogens is 897 g/mol. The molecule has 0 amide bonds. The van der Waals surface area contributed by atoms with E-state index in [1.165, 1.54) is 11.1 Å². The molecular formula is C70H48N4. The van der Waals surface area contributed by atoms with Crippen LogP contribution in [0.1, 0.15) is 22.3 Å². The first-order chi connectivity index (χ1) is 36.4. The minimum absolute atomic E-state index is 0.604. The van der Waals surface area contributed by atoms with Gasteiger partial charge in [0.15, 0.2) is 0 Å². The topological polar surface area (TPSA) is 54.1 Å². The Kier molecular flexibility index (Phi) is 11.8. The lowest BCUT2D eigenvalue weighted by Crippen LogP contribution is -2.13. The summed E-state index contributed by atoms with van der Waals surface area (Å²) < 4.78 is 0. The smallest absolute Gasteiger partial charge is 0.0991 e. The van der Waals surface area contributed by atoms with Gasteiger partial charge < -0.3 is 9.80 Å². The van der Waals surface area contributed by atoms with Crippen molar-refractivity contribution in [3.8, 4) is 56.6 Å². The lowest BCUT2D eigenvalue weighted by molar-refractivity contribution is 1.26. The van der Waals surface area contributed by atoms with Gasteiger partial charge in [0.1, 0.15) is 0 Å². The molecule has 0 unspecified atom stereocenters. The number of benzene rings is 12. The number of hydrogen-bond acceptors (Lipinski definition) is 4. The summed E-state index contributed by atoms with van der Waals surface area (Å²) in [4.78, 5) is 4.74. The molecule has 348 valence electrons. The van der Waals surface area contributed by atoms with E-state index in [-0.39, 0.29) is 0 Å². The Morgan fingerprint density at radius 3 is 0.959 bits per heavy atom. The second-order valence-electron chi connectivity index (χ2n) is 18.9. The quantitative estimate of drug-likeness (QED) is 0.128. The predicted molar refractivity (Wildman–Crippen MR) is 309 cm³/mol. The minimum atomic E-state index is 0.604. The zero-order valence-electron chi connectivity index (χ0n) is 41.0. The van der Waals surface area contributed by atoms with E-state index in [1.807, 2.05) is 24.3 Å². The highest BCUT2D eigenvalue weighted by Crippen LogP contribution is 2.49. The molecule has 0 atom stereocenters. The van der Waals surface area contributed by atoms with Crippen LogP contribution in [0.4, 0.5) is 34.1 Å². The van der Waals surface area contributed by atoms with E-state index in [9.17, 15) is 10.5 Å². The van der Waals surface area contributed by atoms with Gasteiger partial charge in [-0.05, 0) is 176 Å². The third-order valence-corrected chi connectivity index (χ3v) is 14.3. The van der Waals surface area contributed by atoms with Crippen LogP contribution in [0, 0.1) is 36.5 Å². The minimum Gasteiger partial charge on any atom is -0.310 e. The highest BCUT2D eigenvalue weighted by atomic mass is 15.2. The number of nitrogens with zero attached hydrogens (tertiary/aromatic N) is 4. The van der Waals surface area contributed by atoms with Gasteiger partial charge in [0.2, 0.25) is 0 Å². The zero-order chi connectivity index (χ0) is 50.1. The van der Waals surface area contributed by atoms with Crippen molar-refractivity contribution in [3.63, 3.8) is 0 Å². The Morgan fingerprint density at radius 2 is 0.581 bits per heavy atom. The Labute approximate surface area is 432 Å². The summed E-state index contributed by atoms with van der Waals surface area (Å²) in [6.45, 7) is 4.35. The molecule has 0 aliphatic rings. The lowest BCUT2D eigenvalue weighted by atomic mass is 9.92. The van der Waals surface area contributed by atoms with Crippen LogP contribution in [0.3, 0.4) is 0 Å². The van der Waals surface area contributed by atoms with Gasteiger partial charge in [-0.1, -0.05) is 170 Å². The van der Waals surface area contributed by atoms with Crippen molar-refractivity contribution in [2.24, 2.45) is 0 Å². The van der Waals surface area contributed by atoms with Crippen molar-refractivity contribution in [1.29, 1.82) is 10.5 Å². The van der Waals surface area contributed by atoms with Gasteiger partial charge in [-0.2, -0.15) is 10.5 Å². The van der Waals surface area contributed by atoms with Crippen molar-refractivity contribution in [2.45, 2.75) is 13.8 Å². The fourth-order valence-corrected chi connectivity index (χ4v) is 10.5. The molecule has 0 spiro atoms. The molecule has 0 heterocycles. The number of rotatable bonds is 10.